The molecule has 2 N–H and O–H groups in total. The van der Waals surface area contributed by atoms with Crippen LogP contribution in [0.15, 0.2) is 24.3 Å². The summed E-state index contributed by atoms with van der Waals surface area (Å²) in [5.41, 5.74) is 7.89. The number of anilines is 1. The number of nitrogen functional groups attached to an aromatic ring is 1. The molecule has 0 amide bonds. The molecule has 1 aromatic carbocycles. The second kappa shape index (κ2) is 5.89. The Balaban J connectivity index is 1.86. The third-order valence-corrected chi connectivity index (χ3v) is 3.94. The minimum atomic E-state index is -0.0778. The van der Waals surface area contributed by atoms with Gasteiger partial charge in [-0.3, -0.25) is 4.79 Å². The lowest BCUT2D eigenvalue weighted by molar-refractivity contribution is -0.142. The molecule has 18 heavy (non-hydrogen) atoms. The van der Waals surface area contributed by atoms with Crippen molar-refractivity contribution < 1.29 is 9.53 Å². The van der Waals surface area contributed by atoms with Crippen molar-refractivity contribution in [2.75, 3.05) is 12.8 Å². The summed E-state index contributed by atoms with van der Waals surface area (Å²) in [6.07, 6.45) is 5.12. The van der Waals surface area contributed by atoms with E-state index in [-0.39, 0.29) is 5.97 Å². The zero-order chi connectivity index (χ0) is 13.0. The minimum Gasteiger partial charge on any atom is -0.469 e. The molecule has 1 aliphatic rings. The number of carbonyl (C=O) groups is 1. The van der Waals surface area contributed by atoms with Crippen LogP contribution >= 0.6 is 0 Å². The maximum absolute atomic E-state index is 11.2. The van der Waals surface area contributed by atoms with Crippen LogP contribution in [0.4, 0.5) is 5.69 Å². The van der Waals surface area contributed by atoms with Crippen LogP contribution in [0.2, 0.25) is 0 Å². The number of ether oxygens (including phenoxy) is 1. The summed E-state index contributed by atoms with van der Waals surface area (Å²) in [6.45, 7) is 0. The highest BCUT2D eigenvalue weighted by molar-refractivity contribution is 5.69. The zero-order valence-corrected chi connectivity index (χ0v) is 10.9. The summed E-state index contributed by atoms with van der Waals surface area (Å²) in [4.78, 5) is 11.2. The van der Waals surface area contributed by atoms with Crippen LogP contribution in [0.25, 0.3) is 0 Å². The molecule has 0 bridgehead atoms. The highest BCUT2D eigenvalue weighted by Crippen LogP contribution is 2.37. The zero-order valence-electron chi connectivity index (χ0n) is 10.9. The summed E-state index contributed by atoms with van der Waals surface area (Å²) in [5.74, 6) is 1.05. The molecule has 0 spiro atoms. The van der Waals surface area contributed by atoms with E-state index in [0.717, 1.165) is 31.4 Å². The fraction of sp³-hybridized carbons (Fsp3) is 0.533. The molecule has 0 saturated heterocycles. The minimum absolute atomic E-state index is 0.0778. The monoisotopic (exact) mass is 247 g/mol. The first-order valence-electron chi connectivity index (χ1n) is 6.61. The first-order valence-corrected chi connectivity index (χ1v) is 6.61. The van der Waals surface area contributed by atoms with Gasteiger partial charge in [0.2, 0.25) is 0 Å². The smallest absolute Gasteiger partial charge is 0.305 e. The van der Waals surface area contributed by atoms with E-state index in [0.29, 0.717) is 18.3 Å². The Bertz CT molecular complexity index is 391. The van der Waals surface area contributed by atoms with Gasteiger partial charge >= 0.3 is 5.97 Å². The topological polar surface area (TPSA) is 52.3 Å². The van der Waals surface area contributed by atoms with Gasteiger partial charge in [0, 0.05) is 12.1 Å². The van der Waals surface area contributed by atoms with E-state index in [1.807, 2.05) is 12.1 Å². The van der Waals surface area contributed by atoms with Gasteiger partial charge in [0.05, 0.1) is 7.11 Å². The number of hydrogen-bond donors (Lipinski definition) is 1. The van der Waals surface area contributed by atoms with E-state index in [1.54, 1.807) is 0 Å². The summed E-state index contributed by atoms with van der Waals surface area (Å²) >= 11 is 0. The van der Waals surface area contributed by atoms with E-state index in [1.165, 1.54) is 12.7 Å². The molecule has 1 fully saturated rings. The predicted octanol–water partition coefficient (Wildman–Crippen LogP) is 3.11. The van der Waals surface area contributed by atoms with E-state index in [2.05, 4.69) is 12.1 Å². The number of esters is 1. The molecule has 0 aliphatic heterocycles. The fourth-order valence-electron chi connectivity index (χ4n) is 2.79. The van der Waals surface area contributed by atoms with Crippen molar-refractivity contribution in [3.05, 3.63) is 29.8 Å². The van der Waals surface area contributed by atoms with Gasteiger partial charge < -0.3 is 10.5 Å². The summed E-state index contributed by atoms with van der Waals surface area (Å²) in [5, 5.41) is 0. The first-order chi connectivity index (χ1) is 8.69. The molecule has 1 aliphatic carbocycles. The average Bonchev–Trinajstić information content (AvgIpc) is 2.40. The molecule has 0 atom stereocenters. The van der Waals surface area contributed by atoms with Crippen molar-refractivity contribution >= 4 is 11.7 Å². The van der Waals surface area contributed by atoms with Crippen molar-refractivity contribution in [1.29, 1.82) is 0 Å². The third kappa shape index (κ3) is 3.25. The number of hydrogen-bond acceptors (Lipinski definition) is 3. The molecule has 3 heteroatoms. The predicted molar refractivity (Wildman–Crippen MR) is 72.2 cm³/mol. The van der Waals surface area contributed by atoms with Crippen LogP contribution in [-0.4, -0.2) is 13.1 Å². The molecule has 3 nitrogen and oxygen atoms in total. The Labute approximate surface area is 108 Å². The normalized spacial score (nSPS) is 23.6. The van der Waals surface area contributed by atoms with Gasteiger partial charge in [-0.1, -0.05) is 12.1 Å². The van der Waals surface area contributed by atoms with Gasteiger partial charge in [0.25, 0.3) is 0 Å². The molecule has 1 saturated carbocycles. The molecular formula is C15H21NO2. The lowest BCUT2D eigenvalue weighted by Crippen LogP contribution is -2.17. The van der Waals surface area contributed by atoms with Crippen LogP contribution in [0.3, 0.4) is 0 Å². The summed E-state index contributed by atoms with van der Waals surface area (Å²) in [6, 6.07) is 8.19. The number of rotatable bonds is 3. The molecule has 0 radical (unpaired) electrons. The quantitative estimate of drug-likeness (QED) is 0.659. The SMILES string of the molecule is COC(=O)CC1CCC(c2ccc(N)cc2)CC1. The molecule has 0 heterocycles. The highest BCUT2D eigenvalue weighted by Gasteiger charge is 2.24. The Morgan fingerprint density at radius 3 is 2.39 bits per heavy atom. The Morgan fingerprint density at radius 1 is 1.22 bits per heavy atom. The van der Waals surface area contributed by atoms with Gasteiger partial charge in [-0.15, -0.1) is 0 Å². The van der Waals surface area contributed by atoms with Crippen LogP contribution in [-0.2, 0) is 9.53 Å². The largest absolute Gasteiger partial charge is 0.469 e. The van der Waals surface area contributed by atoms with Crippen LogP contribution < -0.4 is 5.73 Å². The molecular weight excluding hydrogens is 226 g/mol. The first kappa shape index (κ1) is 12.9. The van der Waals surface area contributed by atoms with Crippen molar-refractivity contribution in [2.45, 2.75) is 38.0 Å². The van der Waals surface area contributed by atoms with E-state index in [9.17, 15) is 4.79 Å². The molecule has 2 rings (SSSR count). The number of benzene rings is 1. The maximum Gasteiger partial charge on any atom is 0.305 e. The van der Waals surface area contributed by atoms with Crippen LogP contribution in [0.5, 0.6) is 0 Å². The Hall–Kier alpha value is -1.51. The summed E-state index contributed by atoms with van der Waals surface area (Å²) < 4.78 is 4.72. The van der Waals surface area contributed by atoms with E-state index >= 15 is 0 Å². The van der Waals surface area contributed by atoms with E-state index < -0.39 is 0 Å². The molecule has 1 aromatic rings. The van der Waals surface area contributed by atoms with E-state index in [4.69, 9.17) is 10.5 Å². The number of carbonyl (C=O) groups excluding carboxylic acids is 1. The van der Waals surface area contributed by atoms with Crippen molar-refractivity contribution in [3.8, 4) is 0 Å². The maximum atomic E-state index is 11.2. The van der Waals surface area contributed by atoms with Gasteiger partial charge in [0.15, 0.2) is 0 Å². The Morgan fingerprint density at radius 2 is 1.83 bits per heavy atom. The average molecular weight is 247 g/mol. The van der Waals surface area contributed by atoms with Gasteiger partial charge in [-0.2, -0.15) is 0 Å². The van der Waals surface area contributed by atoms with Gasteiger partial charge in [-0.05, 0) is 55.2 Å². The van der Waals surface area contributed by atoms with Crippen molar-refractivity contribution in [2.24, 2.45) is 5.92 Å². The second-order valence-corrected chi connectivity index (χ2v) is 5.16. The van der Waals surface area contributed by atoms with Crippen LogP contribution in [0, 0.1) is 5.92 Å². The van der Waals surface area contributed by atoms with Gasteiger partial charge in [0.1, 0.15) is 0 Å². The molecule has 0 unspecified atom stereocenters. The standard InChI is InChI=1S/C15H21NO2/c1-18-15(17)10-11-2-4-12(5-3-11)13-6-8-14(16)9-7-13/h6-9,11-12H,2-5,10,16H2,1H3. The lowest BCUT2D eigenvalue weighted by Gasteiger charge is -2.28. The number of nitrogens with two attached hydrogens (primary N) is 1. The number of methoxy groups -OCH3 is 1. The van der Waals surface area contributed by atoms with Crippen molar-refractivity contribution in [1.82, 2.24) is 0 Å². The fourth-order valence-corrected chi connectivity index (χ4v) is 2.79. The lowest BCUT2D eigenvalue weighted by atomic mass is 9.77. The van der Waals surface area contributed by atoms with Crippen molar-refractivity contribution in [3.63, 3.8) is 0 Å². The van der Waals surface area contributed by atoms with Gasteiger partial charge in [-0.25, -0.2) is 0 Å². The summed E-state index contributed by atoms with van der Waals surface area (Å²) in [7, 11) is 1.46. The molecule has 98 valence electrons. The molecule has 0 aromatic heterocycles. The Kier molecular flexibility index (Phi) is 4.24. The van der Waals surface area contributed by atoms with Crippen LogP contribution in [0.1, 0.15) is 43.6 Å². The highest BCUT2D eigenvalue weighted by atomic mass is 16.5. The third-order valence-electron chi connectivity index (χ3n) is 3.94. The second-order valence-electron chi connectivity index (χ2n) is 5.16.